The van der Waals surface area contributed by atoms with Gasteiger partial charge in [0.15, 0.2) is 17.2 Å². The number of methoxy groups -OCH3 is 1. The van der Waals surface area contributed by atoms with Crippen molar-refractivity contribution in [2.45, 2.75) is 51.2 Å². The smallest absolute Gasteiger partial charge is 0.200 e. The summed E-state index contributed by atoms with van der Waals surface area (Å²) in [6.45, 7) is 5.41. The fraction of sp³-hybridized carbons (Fsp3) is 0.500. The second kappa shape index (κ2) is 9.39. The van der Waals surface area contributed by atoms with Gasteiger partial charge < -0.3 is 9.47 Å². The first-order chi connectivity index (χ1) is 15.0. The SMILES string of the molecule is CCCOc1cc2c(cc1OC)C(=O)C(F)(CC1CCN(Cc3ccccc3)CC1)C2. The van der Waals surface area contributed by atoms with Crippen LogP contribution in [0, 0.1) is 5.92 Å². The van der Waals surface area contributed by atoms with E-state index in [4.69, 9.17) is 9.47 Å². The van der Waals surface area contributed by atoms with Gasteiger partial charge in [0, 0.05) is 18.5 Å². The molecule has 4 rings (SSSR count). The lowest BCUT2D eigenvalue weighted by Crippen LogP contribution is -2.38. The van der Waals surface area contributed by atoms with Crippen LogP contribution >= 0.6 is 0 Å². The van der Waals surface area contributed by atoms with Crippen LogP contribution in [-0.2, 0) is 13.0 Å². The van der Waals surface area contributed by atoms with Crippen molar-refractivity contribution >= 4 is 5.78 Å². The molecule has 0 amide bonds. The van der Waals surface area contributed by atoms with Crippen LogP contribution in [0.25, 0.3) is 0 Å². The van der Waals surface area contributed by atoms with E-state index < -0.39 is 11.5 Å². The van der Waals surface area contributed by atoms with Gasteiger partial charge in [-0.1, -0.05) is 37.3 Å². The largest absolute Gasteiger partial charge is 0.493 e. The molecule has 1 heterocycles. The molecule has 0 saturated carbocycles. The Bertz CT molecular complexity index is 908. The molecule has 1 fully saturated rings. The number of ether oxygens (including phenoxy) is 2. The summed E-state index contributed by atoms with van der Waals surface area (Å²) in [7, 11) is 1.55. The van der Waals surface area contributed by atoms with E-state index in [2.05, 4.69) is 29.2 Å². The van der Waals surface area contributed by atoms with Gasteiger partial charge in [-0.15, -0.1) is 0 Å². The number of piperidine rings is 1. The average Bonchev–Trinajstić information content (AvgIpc) is 3.02. The summed E-state index contributed by atoms with van der Waals surface area (Å²) in [6, 6.07) is 13.9. The molecule has 31 heavy (non-hydrogen) atoms. The highest BCUT2D eigenvalue weighted by Gasteiger charge is 2.48. The summed E-state index contributed by atoms with van der Waals surface area (Å²) in [6.07, 6.45) is 3.16. The maximum atomic E-state index is 15.9. The fourth-order valence-electron chi connectivity index (χ4n) is 4.88. The summed E-state index contributed by atoms with van der Waals surface area (Å²) < 4.78 is 27.0. The Balaban J connectivity index is 1.39. The van der Waals surface area contributed by atoms with E-state index in [1.165, 1.54) is 5.56 Å². The lowest BCUT2D eigenvalue weighted by Gasteiger charge is -2.34. The molecule has 0 spiro atoms. The molecule has 1 atom stereocenters. The summed E-state index contributed by atoms with van der Waals surface area (Å²) in [5.41, 5.74) is 0.674. The molecule has 1 aliphatic heterocycles. The van der Waals surface area contributed by atoms with Gasteiger partial charge in [-0.2, -0.15) is 0 Å². The van der Waals surface area contributed by atoms with Gasteiger partial charge in [0.05, 0.1) is 13.7 Å². The van der Waals surface area contributed by atoms with Crippen molar-refractivity contribution in [2.75, 3.05) is 26.8 Å². The molecule has 1 saturated heterocycles. The van der Waals surface area contributed by atoms with E-state index in [0.717, 1.165) is 44.5 Å². The van der Waals surface area contributed by atoms with Crippen molar-refractivity contribution in [2.24, 2.45) is 5.92 Å². The summed E-state index contributed by atoms with van der Waals surface area (Å²) in [4.78, 5) is 15.4. The van der Waals surface area contributed by atoms with Crippen LogP contribution < -0.4 is 9.47 Å². The number of Topliss-reactive ketones (excluding diaryl/α,β-unsaturated/α-hetero) is 1. The lowest BCUT2D eigenvalue weighted by molar-refractivity contribution is 0.0587. The molecule has 4 nitrogen and oxygen atoms in total. The fourth-order valence-corrected chi connectivity index (χ4v) is 4.88. The Labute approximate surface area is 184 Å². The van der Waals surface area contributed by atoms with Crippen LogP contribution in [0.15, 0.2) is 42.5 Å². The van der Waals surface area contributed by atoms with E-state index in [1.807, 2.05) is 13.0 Å². The van der Waals surface area contributed by atoms with E-state index >= 15 is 4.39 Å². The first-order valence-electron chi connectivity index (χ1n) is 11.4. The number of hydrogen-bond donors (Lipinski definition) is 0. The standard InChI is InChI=1S/C26H32FNO3/c1-3-13-31-24-14-21-17-26(27,25(29)22(21)15-23(24)30-2)16-19-9-11-28(12-10-19)18-20-7-5-4-6-8-20/h4-8,14-15,19H,3,9-13,16-18H2,1-2H3. The van der Waals surface area contributed by atoms with Gasteiger partial charge in [-0.25, -0.2) is 4.39 Å². The van der Waals surface area contributed by atoms with E-state index in [-0.39, 0.29) is 12.3 Å². The highest BCUT2D eigenvalue weighted by atomic mass is 19.1. The van der Waals surface area contributed by atoms with Crippen LogP contribution in [0.2, 0.25) is 0 Å². The topological polar surface area (TPSA) is 38.8 Å². The Morgan fingerprint density at radius 2 is 1.87 bits per heavy atom. The van der Waals surface area contributed by atoms with Crippen LogP contribution in [0.1, 0.15) is 54.1 Å². The Kier molecular flexibility index (Phi) is 6.61. The van der Waals surface area contributed by atoms with Crippen molar-refractivity contribution in [3.8, 4) is 11.5 Å². The number of carbonyl (C=O) groups excluding carboxylic acids is 1. The first kappa shape index (κ1) is 21.8. The Morgan fingerprint density at radius 1 is 1.13 bits per heavy atom. The third-order valence-corrected chi connectivity index (χ3v) is 6.54. The molecule has 1 unspecified atom stereocenters. The van der Waals surface area contributed by atoms with Crippen molar-refractivity contribution in [3.63, 3.8) is 0 Å². The molecular formula is C26H32FNO3. The number of likely N-dealkylation sites (tertiary alicyclic amines) is 1. The number of ketones is 1. The van der Waals surface area contributed by atoms with Gasteiger partial charge in [-0.3, -0.25) is 9.69 Å². The predicted molar refractivity (Wildman–Crippen MR) is 120 cm³/mol. The van der Waals surface area contributed by atoms with Crippen molar-refractivity contribution in [3.05, 3.63) is 59.2 Å². The number of benzene rings is 2. The summed E-state index contributed by atoms with van der Waals surface area (Å²) >= 11 is 0. The minimum Gasteiger partial charge on any atom is -0.493 e. The van der Waals surface area contributed by atoms with Gasteiger partial charge in [0.25, 0.3) is 0 Å². The van der Waals surface area contributed by atoms with Crippen molar-refractivity contribution < 1.29 is 18.7 Å². The van der Waals surface area contributed by atoms with Crippen molar-refractivity contribution in [1.29, 1.82) is 0 Å². The molecule has 0 radical (unpaired) electrons. The second-order valence-corrected chi connectivity index (χ2v) is 8.89. The molecular weight excluding hydrogens is 393 g/mol. The van der Waals surface area contributed by atoms with Crippen LogP contribution in [-0.4, -0.2) is 43.2 Å². The quantitative estimate of drug-likeness (QED) is 0.580. The van der Waals surface area contributed by atoms with E-state index in [9.17, 15) is 4.79 Å². The molecule has 2 aliphatic rings. The van der Waals surface area contributed by atoms with Gasteiger partial charge in [0.1, 0.15) is 0 Å². The Hall–Kier alpha value is -2.40. The third-order valence-electron chi connectivity index (χ3n) is 6.54. The molecule has 5 heteroatoms. The van der Waals surface area contributed by atoms with Gasteiger partial charge in [-0.05, 0) is 68.0 Å². The maximum absolute atomic E-state index is 15.9. The predicted octanol–water partition coefficient (Wildman–Crippen LogP) is 5.23. The number of hydrogen-bond acceptors (Lipinski definition) is 4. The van der Waals surface area contributed by atoms with Gasteiger partial charge >= 0.3 is 0 Å². The third kappa shape index (κ3) is 4.77. The first-order valence-corrected chi connectivity index (χ1v) is 11.4. The van der Waals surface area contributed by atoms with Crippen LogP contribution in [0.5, 0.6) is 11.5 Å². The lowest BCUT2D eigenvalue weighted by atomic mass is 9.83. The normalized spacial score (nSPS) is 21.8. The molecule has 0 N–H and O–H groups in total. The average molecular weight is 426 g/mol. The van der Waals surface area contributed by atoms with Crippen molar-refractivity contribution in [1.82, 2.24) is 4.90 Å². The molecule has 0 aromatic heterocycles. The minimum atomic E-state index is -1.82. The molecule has 2 aromatic carbocycles. The number of halogens is 1. The van der Waals surface area contributed by atoms with Crippen LogP contribution in [0.4, 0.5) is 4.39 Å². The number of nitrogens with zero attached hydrogens (tertiary/aromatic N) is 1. The molecule has 1 aliphatic carbocycles. The summed E-state index contributed by atoms with van der Waals surface area (Å²) in [5, 5.41) is 0. The zero-order chi connectivity index (χ0) is 21.8. The van der Waals surface area contributed by atoms with E-state index in [1.54, 1.807) is 19.2 Å². The molecule has 2 aromatic rings. The Morgan fingerprint density at radius 3 is 2.55 bits per heavy atom. The maximum Gasteiger partial charge on any atom is 0.200 e. The monoisotopic (exact) mass is 425 g/mol. The number of rotatable bonds is 8. The molecule has 0 bridgehead atoms. The van der Waals surface area contributed by atoms with E-state index in [0.29, 0.717) is 30.1 Å². The summed E-state index contributed by atoms with van der Waals surface area (Å²) in [5.74, 6) is 0.927. The second-order valence-electron chi connectivity index (χ2n) is 8.89. The highest BCUT2D eigenvalue weighted by Crippen LogP contribution is 2.43. The zero-order valence-corrected chi connectivity index (χ0v) is 18.5. The van der Waals surface area contributed by atoms with Gasteiger partial charge in [0.2, 0.25) is 5.78 Å². The van der Waals surface area contributed by atoms with Crippen LogP contribution in [0.3, 0.4) is 0 Å². The molecule has 166 valence electrons. The number of alkyl halides is 1. The minimum absolute atomic E-state index is 0.137. The number of carbonyl (C=O) groups is 1. The highest BCUT2D eigenvalue weighted by molar-refractivity contribution is 6.07. The number of fused-ring (bicyclic) bond motifs is 1. The zero-order valence-electron chi connectivity index (χ0n) is 18.5.